The number of benzene rings is 1. The molecule has 0 aliphatic heterocycles. The summed E-state index contributed by atoms with van der Waals surface area (Å²) in [6.07, 6.45) is 1.61. The fourth-order valence-corrected chi connectivity index (χ4v) is 1.47. The first-order valence-electron chi connectivity index (χ1n) is 4.94. The van der Waals surface area contributed by atoms with Gasteiger partial charge in [0.15, 0.2) is 11.9 Å². The topological polar surface area (TPSA) is 26.9 Å². The van der Waals surface area contributed by atoms with Crippen LogP contribution >= 0.6 is 0 Å². The van der Waals surface area contributed by atoms with Crippen LogP contribution in [0, 0.1) is 19.1 Å². The van der Waals surface area contributed by atoms with E-state index >= 15 is 0 Å². The fourth-order valence-electron chi connectivity index (χ4n) is 1.47. The zero-order chi connectivity index (χ0) is 10.8. The molecule has 2 aromatic rings. The molecule has 2 rings (SSSR count). The van der Waals surface area contributed by atoms with Gasteiger partial charge in [-0.15, -0.1) is 0 Å². The molecule has 2 heteroatoms. The highest BCUT2D eigenvalue weighted by Gasteiger charge is 2.03. The maximum absolute atomic E-state index is 11.4. The van der Waals surface area contributed by atoms with Gasteiger partial charge in [-0.2, -0.15) is 4.73 Å². The summed E-state index contributed by atoms with van der Waals surface area (Å²) in [5, 5.41) is 11.4. The minimum atomic E-state index is 0.714. The maximum Gasteiger partial charge on any atom is 0.189 e. The molecule has 0 unspecified atom stereocenters. The van der Waals surface area contributed by atoms with E-state index in [0.29, 0.717) is 5.69 Å². The quantitative estimate of drug-likeness (QED) is 0.512. The van der Waals surface area contributed by atoms with Gasteiger partial charge in [0.05, 0.1) is 0 Å². The molecule has 0 amide bonds. The molecule has 0 spiro atoms. The van der Waals surface area contributed by atoms with Crippen molar-refractivity contribution >= 4 is 0 Å². The van der Waals surface area contributed by atoms with Gasteiger partial charge in [0, 0.05) is 18.6 Å². The predicted molar refractivity (Wildman–Crippen MR) is 60.3 cm³/mol. The van der Waals surface area contributed by atoms with Crippen molar-refractivity contribution in [2.75, 3.05) is 0 Å². The van der Waals surface area contributed by atoms with Crippen molar-refractivity contribution in [2.24, 2.45) is 0 Å². The molecule has 0 aliphatic carbocycles. The van der Waals surface area contributed by atoms with E-state index in [-0.39, 0.29) is 0 Å². The Morgan fingerprint density at radius 1 is 0.867 bits per heavy atom. The fraction of sp³-hybridized carbons (Fsp3) is 0.154. The molecule has 1 aromatic carbocycles. The minimum Gasteiger partial charge on any atom is -0.618 e. The predicted octanol–water partition coefficient (Wildman–Crippen LogP) is 2.60. The van der Waals surface area contributed by atoms with E-state index in [2.05, 4.69) is 0 Å². The van der Waals surface area contributed by atoms with Crippen LogP contribution in [0.5, 0.6) is 0 Å². The lowest BCUT2D eigenvalue weighted by Gasteiger charge is -2.04. The molecule has 1 heterocycles. The number of rotatable bonds is 1. The van der Waals surface area contributed by atoms with Crippen molar-refractivity contribution in [1.29, 1.82) is 0 Å². The Hall–Kier alpha value is -1.83. The van der Waals surface area contributed by atoms with Crippen molar-refractivity contribution in [3.05, 3.63) is 59.1 Å². The van der Waals surface area contributed by atoms with Gasteiger partial charge in [-0.25, -0.2) is 0 Å². The lowest BCUT2D eigenvalue weighted by molar-refractivity contribution is -0.611. The molecule has 0 bridgehead atoms. The summed E-state index contributed by atoms with van der Waals surface area (Å²) in [4.78, 5) is 0. The zero-order valence-corrected chi connectivity index (χ0v) is 8.90. The van der Waals surface area contributed by atoms with Gasteiger partial charge >= 0.3 is 0 Å². The first-order chi connectivity index (χ1) is 7.16. The number of nitrogens with zero attached hydrogens (tertiary/aromatic N) is 1. The van der Waals surface area contributed by atoms with Gasteiger partial charge in [0.25, 0.3) is 0 Å². The number of hydrogen-bond donors (Lipinski definition) is 0. The van der Waals surface area contributed by atoms with Crippen LogP contribution in [0.4, 0.5) is 0 Å². The Balaban J connectivity index is 2.45. The summed E-state index contributed by atoms with van der Waals surface area (Å²) < 4.78 is 0.898. The number of pyridine rings is 1. The summed E-state index contributed by atoms with van der Waals surface area (Å²) in [6.45, 7) is 3.85. The highest BCUT2D eigenvalue weighted by atomic mass is 16.5. The molecular weight excluding hydrogens is 186 g/mol. The standard InChI is InChI=1S/C13H13NO/c1-10-3-6-12(7-4-10)13-8-5-11(2)14(15)9-13/h3-9H,1-2H3. The third-order valence-corrected chi connectivity index (χ3v) is 2.49. The third-order valence-electron chi connectivity index (χ3n) is 2.49. The second-order valence-corrected chi connectivity index (χ2v) is 3.75. The molecule has 76 valence electrons. The van der Waals surface area contributed by atoms with Gasteiger partial charge in [-0.1, -0.05) is 29.8 Å². The van der Waals surface area contributed by atoms with Crippen molar-refractivity contribution in [3.8, 4) is 11.1 Å². The maximum atomic E-state index is 11.4. The minimum absolute atomic E-state index is 0.714. The van der Waals surface area contributed by atoms with Crippen LogP contribution in [0.25, 0.3) is 11.1 Å². The average Bonchev–Trinajstić information content (AvgIpc) is 2.23. The summed E-state index contributed by atoms with van der Waals surface area (Å²) in [5.74, 6) is 0. The second kappa shape index (κ2) is 3.73. The van der Waals surface area contributed by atoms with E-state index in [0.717, 1.165) is 15.9 Å². The van der Waals surface area contributed by atoms with Crippen molar-refractivity contribution in [2.45, 2.75) is 13.8 Å². The van der Waals surface area contributed by atoms with E-state index in [4.69, 9.17) is 0 Å². The highest BCUT2D eigenvalue weighted by Crippen LogP contribution is 2.17. The van der Waals surface area contributed by atoms with Crippen LogP contribution in [-0.2, 0) is 0 Å². The number of aryl methyl sites for hydroxylation is 2. The Bertz CT molecular complexity index is 474. The molecule has 0 saturated heterocycles. The summed E-state index contributed by atoms with van der Waals surface area (Å²) in [7, 11) is 0. The van der Waals surface area contributed by atoms with Crippen LogP contribution in [0.2, 0.25) is 0 Å². The molecular formula is C13H13NO. The summed E-state index contributed by atoms with van der Waals surface area (Å²) >= 11 is 0. The summed E-state index contributed by atoms with van der Waals surface area (Å²) in [6, 6.07) is 11.9. The van der Waals surface area contributed by atoms with Gasteiger partial charge in [-0.3, -0.25) is 0 Å². The molecule has 0 radical (unpaired) electrons. The molecule has 0 atom stereocenters. The van der Waals surface area contributed by atoms with E-state index < -0.39 is 0 Å². The third kappa shape index (κ3) is 1.99. The van der Waals surface area contributed by atoms with Gasteiger partial charge in [-0.05, 0) is 18.6 Å². The van der Waals surface area contributed by atoms with Crippen LogP contribution in [0.3, 0.4) is 0 Å². The first-order valence-corrected chi connectivity index (χ1v) is 4.94. The first kappa shape index (κ1) is 9.71. The van der Waals surface area contributed by atoms with Gasteiger partial charge in [0.1, 0.15) is 0 Å². The van der Waals surface area contributed by atoms with E-state index in [1.807, 2.05) is 43.3 Å². The molecule has 15 heavy (non-hydrogen) atoms. The molecule has 0 N–H and O–H groups in total. The Morgan fingerprint density at radius 2 is 1.47 bits per heavy atom. The second-order valence-electron chi connectivity index (χ2n) is 3.75. The smallest absolute Gasteiger partial charge is 0.189 e. The molecule has 1 aromatic heterocycles. The van der Waals surface area contributed by atoms with Crippen molar-refractivity contribution in [3.63, 3.8) is 0 Å². The molecule has 0 aliphatic rings. The molecule has 0 saturated carbocycles. The molecule has 0 fully saturated rings. The SMILES string of the molecule is Cc1ccc(-c2ccc(C)[n+]([O-])c2)cc1. The monoisotopic (exact) mass is 199 g/mol. The van der Waals surface area contributed by atoms with Crippen LogP contribution in [0.1, 0.15) is 11.3 Å². The largest absolute Gasteiger partial charge is 0.618 e. The van der Waals surface area contributed by atoms with Gasteiger partial charge in [0.2, 0.25) is 0 Å². The Labute approximate surface area is 89.4 Å². The van der Waals surface area contributed by atoms with E-state index in [1.165, 1.54) is 5.56 Å². The van der Waals surface area contributed by atoms with Crippen LogP contribution < -0.4 is 4.73 Å². The van der Waals surface area contributed by atoms with Crippen LogP contribution in [-0.4, -0.2) is 0 Å². The highest BCUT2D eigenvalue weighted by molar-refractivity contribution is 5.61. The van der Waals surface area contributed by atoms with Crippen LogP contribution in [0.15, 0.2) is 42.6 Å². The van der Waals surface area contributed by atoms with Gasteiger partial charge < -0.3 is 5.21 Å². The van der Waals surface area contributed by atoms with Crippen molar-refractivity contribution < 1.29 is 4.73 Å². The average molecular weight is 199 g/mol. The lowest BCUT2D eigenvalue weighted by Crippen LogP contribution is -2.29. The van der Waals surface area contributed by atoms with E-state index in [1.54, 1.807) is 13.1 Å². The molecule has 2 nitrogen and oxygen atoms in total. The summed E-state index contributed by atoms with van der Waals surface area (Å²) in [5.41, 5.74) is 3.97. The Kier molecular flexibility index (Phi) is 2.42. The van der Waals surface area contributed by atoms with Crippen molar-refractivity contribution in [1.82, 2.24) is 0 Å². The number of aromatic nitrogens is 1. The normalized spacial score (nSPS) is 10.3. The zero-order valence-electron chi connectivity index (χ0n) is 8.90. The van der Waals surface area contributed by atoms with E-state index in [9.17, 15) is 5.21 Å². The lowest BCUT2D eigenvalue weighted by atomic mass is 10.1. The number of hydrogen-bond acceptors (Lipinski definition) is 1. The Morgan fingerprint density at radius 3 is 2.07 bits per heavy atom.